The van der Waals surface area contributed by atoms with Crippen molar-refractivity contribution in [3.63, 3.8) is 0 Å². The third kappa shape index (κ3) is 5.19. The minimum absolute atomic E-state index is 0. The van der Waals surface area contributed by atoms with Gasteiger partial charge in [-0.2, -0.15) is 5.10 Å². The maximum atomic E-state index is 4.33. The second-order valence-corrected chi connectivity index (χ2v) is 5.91. The highest BCUT2D eigenvalue weighted by molar-refractivity contribution is 14.0. The molecule has 6 nitrogen and oxygen atoms in total. The maximum Gasteiger partial charge on any atom is 0.191 e. The number of nitrogens with one attached hydrogen (secondary N) is 2. The van der Waals surface area contributed by atoms with E-state index in [4.69, 9.17) is 0 Å². The maximum absolute atomic E-state index is 4.33. The molecule has 0 atom stereocenters. The largest absolute Gasteiger partial charge is 0.354 e. The number of benzene rings is 1. The molecule has 1 saturated carbocycles. The molecule has 0 spiro atoms. The molecule has 1 aromatic carbocycles. The summed E-state index contributed by atoms with van der Waals surface area (Å²) in [5, 5.41) is 11.0. The molecule has 0 saturated heterocycles. The molecule has 130 valence electrons. The molecule has 0 aliphatic heterocycles. The van der Waals surface area contributed by atoms with Gasteiger partial charge in [-0.3, -0.25) is 4.99 Å². The van der Waals surface area contributed by atoms with Gasteiger partial charge in [-0.15, -0.1) is 24.0 Å². The van der Waals surface area contributed by atoms with Gasteiger partial charge in [0.15, 0.2) is 5.96 Å². The van der Waals surface area contributed by atoms with Crippen LogP contribution in [-0.2, 0) is 6.54 Å². The Morgan fingerprint density at radius 2 is 1.96 bits per heavy atom. The van der Waals surface area contributed by atoms with Gasteiger partial charge in [-0.25, -0.2) is 9.67 Å². The number of aromatic nitrogens is 3. The Bertz CT molecular complexity index is 617. The topological polar surface area (TPSA) is 67.1 Å². The van der Waals surface area contributed by atoms with E-state index in [1.165, 1.54) is 44.0 Å². The van der Waals surface area contributed by atoms with Crippen molar-refractivity contribution in [3.05, 3.63) is 42.5 Å². The van der Waals surface area contributed by atoms with Crippen LogP contribution in [0.25, 0.3) is 5.69 Å². The minimum Gasteiger partial charge on any atom is -0.354 e. The first-order valence-electron chi connectivity index (χ1n) is 8.26. The Labute approximate surface area is 160 Å². The van der Waals surface area contributed by atoms with Gasteiger partial charge >= 0.3 is 0 Å². The Morgan fingerprint density at radius 3 is 2.58 bits per heavy atom. The van der Waals surface area contributed by atoms with Gasteiger partial charge in [0.1, 0.15) is 12.7 Å². The highest BCUT2D eigenvalue weighted by atomic mass is 127. The van der Waals surface area contributed by atoms with E-state index in [1.807, 2.05) is 19.2 Å². The zero-order chi connectivity index (χ0) is 15.9. The smallest absolute Gasteiger partial charge is 0.191 e. The Morgan fingerprint density at radius 1 is 1.21 bits per heavy atom. The zero-order valence-corrected chi connectivity index (χ0v) is 16.3. The fourth-order valence-corrected chi connectivity index (χ4v) is 2.93. The summed E-state index contributed by atoms with van der Waals surface area (Å²) in [6, 6.07) is 8.84. The van der Waals surface area contributed by atoms with Crippen LogP contribution in [0.3, 0.4) is 0 Å². The predicted molar refractivity (Wildman–Crippen MR) is 107 cm³/mol. The molecule has 2 aromatic rings. The number of rotatable bonds is 4. The van der Waals surface area contributed by atoms with Crippen LogP contribution in [0.2, 0.25) is 0 Å². The van der Waals surface area contributed by atoms with Crippen LogP contribution < -0.4 is 10.6 Å². The van der Waals surface area contributed by atoms with Gasteiger partial charge in [-0.05, 0) is 30.5 Å². The summed E-state index contributed by atoms with van der Waals surface area (Å²) in [5.74, 6) is 0.886. The molecule has 2 N–H and O–H groups in total. The van der Waals surface area contributed by atoms with E-state index < -0.39 is 0 Å². The molecule has 1 fully saturated rings. The van der Waals surface area contributed by atoms with Crippen molar-refractivity contribution in [1.29, 1.82) is 0 Å². The molecule has 3 rings (SSSR count). The summed E-state index contributed by atoms with van der Waals surface area (Å²) in [7, 11) is 1.83. The van der Waals surface area contributed by atoms with E-state index in [-0.39, 0.29) is 24.0 Å². The van der Waals surface area contributed by atoms with Crippen LogP contribution in [-0.4, -0.2) is 33.8 Å². The monoisotopic (exact) mass is 440 g/mol. The van der Waals surface area contributed by atoms with Crippen molar-refractivity contribution in [2.75, 3.05) is 7.05 Å². The fourth-order valence-electron chi connectivity index (χ4n) is 2.93. The Hall–Kier alpha value is -1.64. The van der Waals surface area contributed by atoms with Crippen molar-refractivity contribution in [2.45, 2.75) is 44.7 Å². The Kier molecular flexibility index (Phi) is 7.48. The molecular weight excluding hydrogens is 415 g/mol. The number of halogens is 1. The van der Waals surface area contributed by atoms with Gasteiger partial charge in [0.25, 0.3) is 0 Å². The van der Waals surface area contributed by atoms with Gasteiger partial charge in [0.05, 0.1) is 5.69 Å². The van der Waals surface area contributed by atoms with Crippen LogP contribution in [0, 0.1) is 0 Å². The van der Waals surface area contributed by atoms with Crippen molar-refractivity contribution in [1.82, 2.24) is 25.4 Å². The van der Waals surface area contributed by atoms with Crippen LogP contribution in [0.15, 0.2) is 41.9 Å². The van der Waals surface area contributed by atoms with Crippen molar-refractivity contribution < 1.29 is 0 Å². The molecule has 24 heavy (non-hydrogen) atoms. The van der Waals surface area contributed by atoms with Crippen molar-refractivity contribution in [3.8, 4) is 5.69 Å². The van der Waals surface area contributed by atoms with Crippen LogP contribution in [0.1, 0.15) is 37.7 Å². The van der Waals surface area contributed by atoms with E-state index in [0.717, 1.165) is 18.2 Å². The van der Waals surface area contributed by atoms with E-state index in [9.17, 15) is 0 Å². The van der Waals surface area contributed by atoms with E-state index >= 15 is 0 Å². The number of guanidine groups is 1. The standard InChI is InChI=1S/C17H24N6.HI/c1-18-17(22-15-5-3-2-4-6-15)20-11-14-7-9-16(10-8-14)23-13-19-12-21-23;/h7-10,12-13,15H,2-6,11H2,1H3,(H2,18,20,22);1H. The van der Waals surface area contributed by atoms with Gasteiger partial charge in [0, 0.05) is 19.6 Å². The summed E-state index contributed by atoms with van der Waals surface area (Å²) in [6.07, 6.45) is 9.72. The SMILES string of the molecule is CN=C(NCc1ccc(-n2cncn2)cc1)NC1CCCCC1.I. The predicted octanol–water partition coefficient (Wildman–Crippen LogP) is 2.88. The fraction of sp³-hybridized carbons (Fsp3) is 0.471. The van der Waals surface area contributed by atoms with E-state index in [2.05, 4.69) is 37.8 Å². The lowest BCUT2D eigenvalue weighted by molar-refractivity contribution is 0.410. The van der Waals surface area contributed by atoms with Crippen LogP contribution >= 0.6 is 24.0 Å². The van der Waals surface area contributed by atoms with E-state index in [0.29, 0.717) is 6.04 Å². The third-order valence-corrected chi connectivity index (χ3v) is 4.25. The lowest BCUT2D eigenvalue weighted by atomic mass is 9.96. The number of nitrogens with zero attached hydrogens (tertiary/aromatic N) is 4. The highest BCUT2D eigenvalue weighted by Gasteiger charge is 2.14. The number of aliphatic imine (C=N–C) groups is 1. The van der Waals surface area contributed by atoms with Crippen molar-refractivity contribution >= 4 is 29.9 Å². The highest BCUT2D eigenvalue weighted by Crippen LogP contribution is 2.17. The zero-order valence-electron chi connectivity index (χ0n) is 14.0. The molecule has 1 aromatic heterocycles. The quantitative estimate of drug-likeness (QED) is 0.436. The normalized spacial score (nSPS) is 15.6. The van der Waals surface area contributed by atoms with E-state index in [1.54, 1.807) is 11.0 Å². The third-order valence-electron chi connectivity index (χ3n) is 4.25. The average Bonchev–Trinajstić information content (AvgIpc) is 3.14. The second kappa shape index (κ2) is 9.61. The molecule has 0 bridgehead atoms. The molecule has 1 aliphatic carbocycles. The average molecular weight is 440 g/mol. The van der Waals surface area contributed by atoms with Gasteiger partial charge in [0.2, 0.25) is 0 Å². The first-order chi connectivity index (χ1) is 11.3. The first kappa shape index (κ1) is 18.7. The molecule has 7 heteroatoms. The first-order valence-corrected chi connectivity index (χ1v) is 8.26. The summed E-state index contributed by atoms with van der Waals surface area (Å²) in [4.78, 5) is 8.29. The van der Waals surface area contributed by atoms with Crippen molar-refractivity contribution in [2.24, 2.45) is 4.99 Å². The lowest BCUT2D eigenvalue weighted by Crippen LogP contribution is -2.43. The van der Waals surface area contributed by atoms with Crippen LogP contribution in [0.5, 0.6) is 0 Å². The summed E-state index contributed by atoms with van der Waals surface area (Å²) in [6.45, 7) is 0.754. The lowest BCUT2D eigenvalue weighted by Gasteiger charge is -2.24. The summed E-state index contributed by atoms with van der Waals surface area (Å²) in [5.41, 5.74) is 2.22. The van der Waals surface area contributed by atoms with Crippen LogP contribution in [0.4, 0.5) is 0 Å². The molecule has 0 amide bonds. The summed E-state index contributed by atoms with van der Waals surface area (Å²) >= 11 is 0. The molecule has 0 unspecified atom stereocenters. The molecule has 1 heterocycles. The second-order valence-electron chi connectivity index (χ2n) is 5.91. The minimum atomic E-state index is 0. The summed E-state index contributed by atoms with van der Waals surface area (Å²) < 4.78 is 1.75. The Balaban J connectivity index is 0.00000208. The molecule has 1 aliphatic rings. The molecule has 0 radical (unpaired) electrons. The number of hydrogen-bond acceptors (Lipinski definition) is 3. The molecular formula is C17H25IN6. The number of hydrogen-bond donors (Lipinski definition) is 2. The van der Waals surface area contributed by atoms with Gasteiger partial charge in [-0.1, -0.05) is 31.4 Å². The van der Waals surface area contributed by atoms with Gasteiger partial charge < -0.3 is 10.6 Å².